The zero-order valence-electron chi connectivity index (χ0n) is 10.9. The standard InChI is InChI=1S/C15H18O3/c1-3-4-5-7-10(2)11-8-6-9-12-13(11)15(17)18-14(12)16/h6,8-10H,3-5,7H2,1-2H3. The molecule has 1 aromatic carbocycles. The van der Waals surface area contributed by atoms with Gasteiger partial charge in [-0.1, -0.05) is 45.2 Å². The maximum atomic E-state index is 11.7. The number of hydrogen-bond acceptors (Lipinski definition) is 3. The molecule has 1 aliphatic heterocycles. The highest BCUT2D eigenvalue weighted by Crippen LogP contribution is 2.31. The van der Waals surface area contributed by atoms with Crippen LogP contribution in [0.5, 0.6) is 0 Å². The Morgan fingerprint density at radius 3 is 2.67 bits per heavy atom. The maximum absolute atomic E-state index is 11.7. The third-order valence-corrected chi connectivity index (χ3v) is 3.48. The van der Waals surface area contributed by atoms with Crippen LogP contribution in [0.25, 0.3) is 0 Å². The quantitative estimate of drug-likeness (QED) is 0.452. The lowest BCUT2D eigenvalue weighted by atomic mass is 9.89. The molecule has 0 spiro atoms. The van der Waals surface area contributed by atoms with Crippen LogP contribution in [0.2, 0.25) is 0 Å². The first kappa shape index (κ1) is 12.8. The average molecular weight is 246 g/mol. The second-order valence-electron chi connectivity index (χ2n) is 4.84. The minimum atomic E-state index is -0.516. The van der Waals surface area contributed by atoms with Crippen LogP contribution in [0.15, 0.2) is 18.2 Å². The van der Waals surface area contributed by atoms with Gasteiger partial charge in [0.05, 0.1) is 11.1 Å². The number of esters is 2. The highest BCUT2D eigenvalue weighted by molar-refractivity contribution is 6.15. The summed E-state index contributed by atoms with van der Waals surface area (Å²) in [6.07, 6.45) is 4.55. The van der Waals surface area contributed by atoms with Gasteiger partial charge in [0.2, 0.25) is 0 Å². The Hall–Kier alpha value is -1.64. The molecule has 18 heavy (non-hydrogen) atoms. The van der Waals surface area contributed by atoms with Gasteiger partial charge in [-0.3, -0.25) is 0 Å². The summed E-state index contributed by atoms with van der Waals surface area (Å²) in [4.78, 5) is 23.2. The van der Waals surface area contributed by atoms with Crippen LogP contribution in [0.4, 0.5) is 0 Å². The second-order valence-corrected chi connectivity index (χ2v) is 4.84. The van der Waals surface area contributed by atoms with Crippen molar-refractivity contribution in [2.24, 2.45) is 0 Å². The molecular weight excluding hydrogens is 228 g/mol. The lowest BCUT2D eigenvalue weighted by Gasteiger charge is -2.13. The van der Waals surface area contributed by atoms with Gasteiger partial charge in [0.1, 0.15) is 0 Å². The number of carbonyl (C=O) groups is 2. The Balaban J connectivity index is 2.24. The molecule has 1 aliphatic rings. The summed E-state index contributed by atoms with van der Waals surface area (Å²) in [5, 5.41) is 0. The van der Waals surface area contributed by atoms with Gasteiger partial charge in [0, 0.05) is 0 Å². The maximum Gasteiger partial charge on any atom is 0.347 e. The summed E-state index contributed by atoms with van der Waals surface area (Å²) in [7, 11) is 0. The van der Waals surface area contributed by atoms with E-state index in [-0.39, 0.29) is 5.92 Å². The molecule has 0 radical (unpaired) electrons. The van der Waals surface area contributed by atoms with Gasteiger partial charge in [0.25, 0.3) is 0 Å². The highest BCUT2D eigenvalue weighted by atomic mass is 16.6. The molecule has 0 saturated heterocycles. The summed E-state index contributed by atoms with van der Waals surface area (Å²) in [6.45, 7) is 4.27. The third-order valence-electron chi connectivity index (χ3n) is 3.48. The number of benzene rings is 1. The fourth-order valence-corrected chi connectivity index (χ4v) is 2.42. The molecule has 3 nitrogen and oxygen atoms in total. The number of unbranched alkanes of at least 4 members (excludes halogenated alkanes) is 2. The first-order chi connectivity index (χ1) is 8.65. The van der Waals surface area contributed by atoms with Gasteiger partial charge in [-0.15, -0.1) is 0 Å². The van der Waals surface area contributed by atoms with Gasteiger partial charge < -0.3 is 4.74 Å². The van der Waals surface area contributed by atoms with Gasteiger partial charge in [-0.25, -0.2) is 9.59 Å². The van der Waals surface area contributed by atoms with E-state index in [0.29, 0.717) is 11.1 Å². The molecule has 3 heteroatoms. The van der Waals surface area contributed by atoms with Gasteiger partial charge in [-0.05, 0) is 24.0 Å². The van der Waals surface area contributed by atoms with E-state index in [1.54, 1.807) is 6.07 Å². The molecular formula is C15H18O3. The van der Waals surface area contributed by atoms with Crippen LogP contribution in [-0.2, 0) is 4.74 Å². The Labute approximate surface area is 107 Å². The molecule has 0 amide bonds. The van der Waals surface area contributed by atoms with Crippen molar-refractivity contribution in [3.05, 3.63) is 34.9 Å². The topological polar surface area (TPSA) is 43.4 Å². The molecule has 1 unspecified atom stereocenters. The molecule has 0 N–H and O–H groups in total. The Morgan fingerprint density at radius 1 is 1.17 bits per heavy atom. The predicted octanol–water partition coefficient (Wildman–Crippen LogP) is 3.68. The summed E-state index contributed by atoms with van der Waals surface area (Å²) in [5.41, 5.74) is 1.84. The minimum Gasteiger partial charge on any atom is -0.386 e. The molecule has 1 heterocycles. The largest absolute Gasteiger partial charge is 0.386 e. The smallest absolute Gasteiger partial charge is 0.347 e. The van der Waals surface area contributed by atoms with Crippen molar-refractivity contribution in [3.8, 4) is 0 Å². The van der Waals surface area contributed by atoms with E-state index in [2.05, 4.69) is 18.6 Å². The fourth-order valence-electron chi connectivity index (χ4n) is 2.42. The first-order valence-electron chi connectivity index (χ1n) is 6.54. The van der Waals surface area contributed by atoms with Crippen LogP contribution in [0, 0.1) is 0 Å². The minimum absolute atomic E-state index is 0.282. The van der Waals surface area contributed by atoms with Crippen LogP contribution < -0.4 is 0 Å². The number of rotatable bonds is 5. The summed E-state index contributed by atoms with van der Waals surface area (Å²) < 4.78 is 4.67. The third kappa shape index (κ3) is 2.30. The fraction of sp³-hybridized carbons (Fsp3) is 0.467. The van der Waals surface area contributed by atoms with Crippen molar-refractivity contribution < 1.29 is 14.3 Å². The first-order valence-corrected chi connectivity index (χ1v) is 6.54. The van der Waals surface area contributed by atoms with E-state index < -0.39 is 11.9 Å². The zero-order chi connectivity index (χ0) is 13.1. The van der Waals surface area contributed by atoms with Gasteiger partial charge in [0.15, 0.2) is 0 Å². The van der Waals surface area contributed by atoms with E-state index in [9.17, 15) is 9.59 Å². The average Bonchev–Trinajstić information content (AvgIpc) is 2.65. The van der Waals surface area contributed by atoms with Crippen molar-refractivity contribution in [1.82, 2.24) is 0 Å². The predicted molar refractivity (Wildman–Crippen MR) is 68.7 cm³/mol. The molecule has 1 atom stereocenters. The van der Waals surface area contributed by atoms with E-state index in [4.69, 9.17) is 0 Å². The Bertz CT molecular complexity index is 477. The number of cyclic esters (lactones) is 2. The number of ether oxygens (including phenoxy) is 1. The molecule has 1 aromatic rings. The summed E-state index contributed by atoms with van der Waals surface area (Å²) in [5.74, 6) is -0.726. The van der Waals surface area contributed by atoms with Gasteiger partial charge in [-0.2, -0.15) is 0 Å². The van der Waals surface area contributed by atoms with Crippen molar-refractivity contribution in [2.75, 3.05) is 0 Å². The van der Waals surface area contributed by atoms with E-state index in [0.717, 1.165) is 18.4 Å². The highest BCUT2D eigenvalue weighted by Gasteiger charge is 2.32. The molecule has 0 aromatic heterocycles. The summed E-state index contributed by atoms with van der Waals surface area (Å²) >= 11 is 0. The summed E-state index contributed by atoms with van der Waals surface area (Å²) in [6, 6.07) is 5.41. The Kier molecular flexibility index (Phi) is 3.80. The van der Waals surface area contributed by atoms with Crippen molar-refractivity contribution >= 4 is 11.9 Å². The molecule has 2 rings (SSSR count). The van der Waals surface area contributed by atoms with E-state index in [1.807, 2.05) is 12.1 Å². The van der Waals surface area contributed by atoms with Crippen molar-refractivity contribution in [1.29, 1.82) is 0 Å². The Morgan fingerprint density at radius 2 is 1.94 bits per heavy atom. The molecule has 0 bridgehead atoms. The van der Waals surface area contributed by atoms with Crippen LogP contribution in [-0.4, -0.2) is 11.9 Å². The van der Waals surface area contributed by atoms with E-state index >= 15 is 0 Å². The lowest BCUT2D eigenvalue weighted by Crippen LogP contribution is -2.04. The lowest BCUT2D eigenvalue weighted by molar-refractivity contribution is 0.0443. The monoisotopic (exact) mass is 246 g/mol. The zero-order valence-corrected chi connectivity index (χ0v) is 10.9. The normalized spacial score (nSPS) is 15.4. The number of fused-ring (bicyclic) bond motifs is 1. The van der Waals surface area contributed by atoms with E-state index in [1.165, 1.54) is 12.8 Å². The molecule has 96 valence electrons. The number of carbonyl (C=O) groups excluding carboxylic acids is 2. The number of hydrogen-bond donors (Lipinski definition) is 0. The second kappa shape index (κ2) is 5.34. The molecule has 0 aliphatic carbocycles. The SMILES string of the molecule is CCCCCC(C)c1cccc2c1C(=O)OC2=O. The molecule has 0 saturated carbocycles. The van der Waals surface area contributed by atoms with Crippen LogP contribution in [0.3, 0.4) is 0 Å². The van der Waals surface area contributed by atoms with Crippen LogP contribution >= 0.6 is 0 Å². The van der Waals surface area contributed by atoms with Gasteiger partial charge >= 0.3 is 11.9 Å². The van der Waals surface area contributed by atoms with Crippen LogP contribution in [0.1, 0.15) is 71.7 Å². The molecule has 0 fully saturated rings. The van der Waals surface area contributed by atoms with Crippen molar-refractivity contribution in [3.63, 3.8) is 0 Å². The van der Waals surface area contributed by atoms with Crippen molar-refractivity contribution in [2.45, 2.75) is 45.4 Å².